The highest BCUT2D eigenvalue weighted by Gasteiger charge is 2.15. The maximum Gasteiger partial charge on any atom is 0.239 e. The Labute approximate surface area is 74.2 Å². The fourth-order valence-corrected chi connectivity index (χ4v) is 0.940. The van der Waals surface area contributed by atoms with E-state index in [9.17, 15) is 4.79 Å². The lowest BCUT2D eigenvalue weighted by molar-refractivity contribution is -0.130. The minimum atomic E-state index is -0.366. The van der Waals surface area contributed by atoms with Crippen LogP contribution in [-0.2, 0) is 4.79 Å². The molecule has 0 aliphatic carbocycles. The average molecular weight is 170 g/mol. The average Bonchev–Trinajstić information content (AvgIpc) is 2.00. The molecule has 0 fully saturated rings. The molecule has 0 aromatic rings. The third-order valence-corrected chi connectivity index (χ3v) is 1.64. The van der Waals surface area contributed by atoms with E-state index in [2.05, 4.69) is 6.58 Å². The number of carbonyl (C=O) groups excluding carboxylic acids is 1. The van der Waals surface area contributed by atoms with Gasteiger partial charge in [0.15, 0.2) is 0 Å². The van der Waals surface area contributed by atoms with Gasteiger partial charge < -0.3 is 10.6 Å². The lowest BCUT2D eigenvalue weighted by Crippen LogP contribution is -2.41. The summed E-state index contributed by atoms with van der Waals surface area (Å²) in [6, 6.07) is -0.366. The molecule has 1 atom stereocenters. The van der Waals surface area contributed by atoms with Crippen molar-refractivity contribution in [3.05, 3.63) is 12.2 Å². The Morgan fingerprint density at radius 1 is 1.67 bits per heavy atom. The molecule has 0 saturated carbocycles. The zero-order valence-electron chi connectivity index (χ0n) is 8.13. The van der Waals surface area contributed by atoms with E-state index < -0.39 is 0 Å². The highest BCUT2D eigenvalue weighted by molar-refractivity contribution is 5.81. The molecule has 0 rings (SSSR count). The summed E-state index contributed by atoms with van der Waals surface area (Å²) in [5, 5.41) is 0. The van der Waals surface area contributed by atoms with E-state index in [1.807, 2.05) is 13.8 Å². The summed E-state index contributed by atoms with van der Waals surface area (Å²) in [6.45, 7) is 8.11. The minimum Gasteiger partial charge on any atom is -0.340 e. The molecule has 0 heterocycles. The lowest BCUT2D eigenvalue weighted by Gasteiger charge is -2.20. The molecule has 2 N–H and O–H groups in total. The normalized spacial score (nSPS) is 12.3. The van der Waals surface area contributed by atoms with Gasteiger partial charge in [-0.05, 0) is 13.3 Å². The molecule has 0 spiro atoms. The number of amides is 1. The molecule has 1 amide bonds. The van der Waals surface area contributed by atoms with Crippen molar-refractivity contribution < 1.29 is 4.79 Å². The van der Waals surface area contributed by atoms with Crippen molar-refractivity contribution in [2.45, 2.75) is 26.3 Å². The van der Waals surface area contributed by atoms with Gasteiger partial charge in [0.05, 0.1) is 6.04 Å². The third kappa shape index (κ3) is 3.53. The van der Waals surface area contributed by atoms with Gasteiger partial charge in [-0.3, -0.25) is 4.79 Å². The van der Waals surface area contributed by atoms with E-state index in [0.29, 0.717) is 13.0 Å². The Balaban J connectivity index is 4.01. The largest absolute Gasteiger partial charge is 0.340 e. The first kappa shape index (κ1) is 11.2. The number of nitrogens with zero attached hydrogens (tertiary/aromatic N) is 1. The van der Waals surface area contributed by atoms with Crippen LogP contribution in [0.1, 0.15) is 20.3 Å². The summed E-state index contributed by atoms with van der Waals surface area (Å²) < 4.78 is 0. The highest BCUT2D eigenvalue weighted by Crippen LogP contribution is 1.97. The summed E-state index contributed by atoms with van der Waals surface area (Å²) in [5.41, 5.74) is 6.54. The van der Waals surface area contributed by atoms with E-state index in [0.717, 1.165) is 5.57 Å². The number of likely N-dealkylation sites (N-methyl/N-ethyl adjacent to an activating group) is 1. The van der Waals surface area contributed by atoms with Crippen molar-refractivity contribution in [1.29, 1.82) is 0 Å². The molecular formula is C9H18N2O. The van der Waals surface area contributed by atoms with Crippen LogP contribution in [0.15, 0.2) is 12.2 Å². The summed E-state index contributed by atoms with van der Waals surface area (Å²) in [5.74, 6) is -0.0134. The Morgan fingerprint density at radius 3 is 2.50 bits per heavy atom. The van der Waals surface area contributed by atoms with Crippen LogP contribution in [0.5, 0.6) is 0 Å². The van der Waals surface area contributed by atoms with E-state index >= 15 is 0 Å². The fraction of sp³-hybridized carbons (Fsp3) is 0.667. The Kier molecular flexibility index (Phi) is 4.59. The van der Waals surface area contributed by atoms with Gasteiger partial charge in [-0.2, -0.15) is 0 Å². The number of rotatable bonds is 4. The Bertz CT molecular complexity index is 177. The number of nitrogens with two attached hydrogens (primary N) is 1. The van der Waals surface area contributed by atoms with Gasteiger partial charge in [0.1, 0.15) is 0 Å². The summed E-state index contributed by atoms with van der Waals surface area (Å²) in [4.78, 5) is 13.0. The van der Waals surface area contributed by atoms with Crippen molar-refractivity contribution in [1.82, 2.24) is 4.90 Å². The predicted octanol–water partition coefficient (Wildman–Crippen LogP) is 0.758. The molecule has 0 bridgehead atoms. The van der Waals surface area contributed by atoms with Crippen molar-refractivity contribution >= 4 is 5.91 Å². The molecule has 0 radical (unpaired) electrons. The van der Waals surface area contributed by atoms with Crippen LogP contribution in [0.2, 0.25) is 0 Å². The Hall–Kier alpha value is -0.830. The zero-order chi connectivity index (χ0) is 9.72. The first-order valence-corrected chi connectivity index (χ1v) is 4.14. The molecule has 3 heteroatoms. The van der Waals surface area contributed by atoms with Crippen LogP contribution >= 0.6 is 0 Å². The molecule has 0 aromatic carbocycles. The molecule has 70 valence electrons. The monoisotopic (exact) mass is 170 g/mol. The highest BCUT2D eigenvalue weighted by atomic mass is 16.2. The van der Waals surface area contributed by atoms with Crippen molar-refractivity contribution in [2.24, 2.45) is 5.73 Å². The number of carbonyl (C=O) groups is 1. The van der Waals surface area contributed by atoms with Crippen LogP contribution in [0.3, 0.4) is 0 Å². The van der Waals surface area contributed by atoms with Gasteiger partial charge in [0.2, 0.25) is 5.91 Å². The molecule has 0 aliphatic heterocycles. The van der Waals surface area contributed by atoms with Crippen molar-refractivity contribution in [2.75, 3.05) is 13.6 Å². The quantitative estimate of drug-likeness (QED) is 0.633. The SMILES string of the molecule is C=C(C)CN(C)C(=O)[C@H](N)CC. The first-order chi connectivity index (χ1) is 5.49. The molecule has 0 aliphatic rings. The van der Waals surface area contributed by atoms with E-state index in [1.54, 1.807) is 11.9 Å². The van der Waals surface area contributed by atoms with Gasteiger partial charge in [0.25, 0.3) is 0 Å². The topological polar surface area (TPSA) is 46.3 Å². The van der Waals surface area contributed by atoms with Crippen molar-refractivity contribution in [3.63, 3.8) is 0 Å². The van der Waals surface area contributed by atoms with E-state index in [-0.39, 0.29) is 11.9 Å². The van der Waals surface area contributed by atoms with E-state index in [1.165, 1.54) is 0 Å². The van der Waals surface area contributed by atoms with Crippen LogP contribution < -0.4 is 5.73 Å². The molecular weight excluding hydrogens is 152 g/mol. The first-order valence-electron chi connectivity index (χ1n) is 4.14. The smallest absolute Gasteiger partial charge is 0.239 e. The Morgan fingerprint density at radius 2 is 2.17 bits per heavy atom. The molecule has 0 unspecified atom stereocenters. The number of hydrogen-bond donors (Lipinski definition) is 1. The van der Waals surface area contributed by atoms with Crippen LogP contribution in [0.4, 0.5) is 0 Å². The lowest BCUT2D eigenvalue weighted by atomic mass is 10.2. The second-order valence-electron chi connectivity index (χ2n) is 3.17. The van der Waals surface area contributed by atoms with Gasteiger partial charge in [-0.25, -0.2) is 0 Å². The zero-order valence-corrected chi connectivity index (χ0v) is 8.13. The molecule has 3 nitrogen and oxygen atoms in total. The van der Waals surface area contributed by atoms with E-state index in [4.69, 9.17) is 5.73 Å². The molecule has 12 heavy (non-hydrogen) atoms. The summed E-state index contributed by atoms with van der Waals surface area (Å²) in [7, 11) is 1.74. The van der Waals surface area contributed by atoms with Crippen LogP contribution in [0, 0.1) is 0 Å². The van der Waals surface area contributed by atoms with Crippen LogP contribution in [-0.4, -0.2) is 30.4 Å². The summed E-state index contributed by atoms with van der Waals surface area (Å²) in [6.07, 6.45) is 0.680. The van der Waals surface area contributed by atoms with Gasteiger partial charge in [-0.15, -0.1) is 0 Å². The standard InChI is InChI=1S/C9H18N2O/c1-5-8(10)9(12)11(4)6-7(2)3/h8H,2,5-6,10H2,1,3-4H3/t8-/m1/s1. The second-order valence-corrected chi connectivity index (χ2v) is 3.17. The van der Waals surface area contributed by atoms with Gasteiger partial charge in [0, 0.05) is 13.6 Å². The maximum absolute atomic E-state index is 11.4. The van der Waals surface area contributed by atoms with Crippen molar-refractivity contribution in [3.8, 4) is 0 Å². The predicted molar refractivity (Wildman–Crippen MR) is 50.7 cm³/mol. The second kappa shape index (κ2) is 4.93. The molecule has 0 saturated heterocycles. The minimum absolute atomic E-state index is 0.0134. The maximum atomic E-state index is 11.4. The van der Waals surface area contributed by atoms with Gasteiger partial charge >= 0.3 is 0 Å². The fourth-order valence-electron chi connectivity index (χ4n) is 0.940. The van der Waals surface area contributed by atoms with Gasteiger partial charge in [-0.1, -0.05) is 19.1 Å². The third-order valence-electron chi connectivity index (χ3n) is 1.64. The molecule has 0 aromatic heterocycles. The van der Waals surface area contributed by atoms with Crippen LogP contribution in [0.25, 0.3) is 0 Å². The number of hydrogen-bond acceptors (Lipinski definition) is 2. The summed E-state index contributed by atoms with van der Waals surface area (Å²) >= 11 is 0.